The second kappa shape index (κ2) is 6.76. The molecule has 0 aromatic heterocycles. The third-order valence-corrected chi connectivity index (χ3v) is 4.26. The molecule has 2 nitrogen and oxygen atoms in total. The van der Waals surface area contributed by atoms with E-state index in [1.54, 1.807) is 7.11 Å². The number of fused-ring (bicyclic) bond motifs is 1. The van der Waals surface area contributed by atoms with Crippen molar-refractivity contribution in [2.45, 2.75) is 32.7 Å². The quantitative estimate of drug-likeness (QED) is 0.832. The number of hydrogen-bond donors (Lipinski definition) is 1. The summed E-state index contributed by atoms with van der Waals surface area (Å²) in [6.07, 6.45) is 2.39. The van der Waals surface area contributed by atoms with E-state index in [1.807, 2.05) is 6.07 Å². The molecule has 2 aromatic rings. The Balaban J connectivity index is 2.39. The molecule has 2 rings (SSSR count). The number of rotatable bonds is 6. The van der Waals surface area contributed by atoms with E-state index in [4.69, 9.17) is 4.74 Å². The van der Waals surface area contributed by atoms with E-state index in [2.05, 4.69) is 56.5 Å². The summed E-state index contributed by atoms with van der Waals surface area (Å²) in [6, 6.07) is 13.4. The molecule has 0 spiro atoms. The monoisotopic (exact) mass is 271 g/mol. The first-order chi connectivity index (χ1) is 9.73. The van der Waals surface area contributed by atoms with Crippen molar-refractivity contribution >= 4 is 10.8 Å². The molecule has 20 heavy (non-hydrogen) atoms. The van der Waals surface area contributed by atoms with E-state index >= 15 is 0 Å². The molecule has 0 saturated carbocycles. The normalized spacial score (nSPS) is 12.8. The lowest BCUT2D eigenvalue weighted by Gasteiger charge is -2.25. The Morgan fingerprint density at radius 3 is 2.25 bits per heavy atom. The third kappa shape index (κ3) is 2.96. The number of ether oxygens (including phenoxy) is 1. The van der Waals surface area contributed by atoms with Gasteiger partial charge in [0.1, 0.15) is 5.75 Å². The Kier molecular flexibility index (Phi) is 5.02. The van der Waals surface area contributed by atoms with Crippen molar-refractivity contribution in [3.63, 3.8) is 0 Å². The average molecular weight is 271 g/mol. The van der Waals surface area contributed by atoms with Crippen molar-refractivity contribution in [3.8, 4) is 5.75 Å². The summed E-state index contributed by atoms with van der Waals surface area (Å²) in [5, 5.41) is 5.98. The van der Waals surface area contributed by atoms with Gasteiger partial charge in [0.05, 0.1) is 7.11 Å². The summed E-state index contributed by atoms with van der Waals surface area (Å²) >= 11 is 0. The van der Waals surface area contributed by atoms with Gasteiger partial charge in [-0.25, -0.2) is 0 Å². The molecule has 2 heteroatoms. The van der Waals surface area contributed by atoms with Gasteiger partial charge in [-0.2, -0.15) is 0 Å². The molecule has 0 saturated heterocycles. The van der Waals surface area contributed by atoms with Crippen LogP contribution in [0, 0.1) is 5.92 Å². The molecule has 0 radical (unpaired) electrons. The first-order valence-electron chi connectivity index (χ1n) is 7.48. The summed E-state index contributed by atoms with van der Waals surface area (Å²) in [5.74, 6) is 1.59. The van der Waals surface area contributed by atoms with Crippen LogP contribution >= 0.6 is 0 Å². The maximum absolute atomic E-state index is 5.28. The summed E-state index contributed by atoms with van der Waals surface area (Å²) in [6.45, 7) is 4.54. The second-order valence-corrected chi connectivity index (χ2v) is 5.32. The summed E-state index contributed by atoms with van der Waals surface area (Å²) in [7, 11) is 3.76. The van der Waals surface area contributed by atoms with E-state index in [-0.39, 0.29) is 0 Å². The fourth-order valence-corrected chi connectivity index (χ4v) is 3.00. The molecule has 1 atom stereocenters. The van der Waals surface area contributed by atoms with E-state index in [1.165, 1.54) is 29.2 Å². The molecule has 0 aliphatic heterocycles. The van der Waals surface area contributed by atoms with Crippen molar-refractivity contribution < 1.29 is 4.74 Å². The van der Waals surface area contributed by atoms with Crippen LogP contribution in [0.1, 0.15) is 38.3 Å². The SMILES string of the molecule is CCC(CC)C(NC)c1ccc2cc(OC)ccc2c1. The molecule has 0 aliphatic carbocycles. The Morgan fingerprint density at radius 1 is 1.00 bits per heavy atom. The number of methoxy groups -OCH3 is 1. The molecule has 0 fully saturated rings. The van der Waals surface area contributed by atoms with Crippen molar-refractivity contribution in [3.05, 3.63) is 42.0 Å². The molecular formula is C18H25NO. The Hall–Kier alpha value is -1.54. The van der Waals surface area contributed by atoms with Gasteiger partial charge < -0.3 is 10.1 Å². The fraction of sp³-hybridized carbons (Fsp3) is 0.444. The van der Waals surface area contributed by atoms with Crippen LogP contribution < -0.4 is 10.1 Å². The van der Waals surface area contributed by atoms with Gasteiger partial charge in [0.15, 0.2) is 0 Å². The van der Waals surface area contributed by atoms with Gasteiger partial charge in [-0.3, -0.25) is 0 Å². The van der Waals surface area contributed by atoms with Crippen molar-refractivity contribution in [1.29, 1.82) is 0 Å². The smallest absolute Gasteiger partial charge is 0.119 e. The highest BCUT2D eigenvalue weighted by Gasteiger charge is 2.18. The van der Waals surface area contributed by atoms with E-state index in [9.17, 15) is 0 Å². The van der Waals surface area contributed by atoms with Crippen molar-refractivity contribution in [2.75, 3.05) is 14.2 Å². The molecule has 1 N–H and O–H groups in total. The number of hydrogen-bond acceptors (Lipinski definition) is 2. The zero-order chi connectivity index (χ0) is 14.5. The highest BCUT2D eigenvalue weighted by molar-refractivity contribution is 5.84. The lowest BCUT2D eigenvalue weighted by Crippen LogP contribution is -2.24. The molecule has 0 bridgehead atoms. The molecule has 0 heterocycles. The zero-order valence-corrected chi connectivity index (χ0v) is 12.9. The lowest BCUT2D eigenvalue weighted by molar-refractivity contribution is 0.360. The average Bonchev–Trinajstić information content (AvgIpc) is 2.51. The second-order valence-electron chi connectivity index (χ2n) is 5.32. The standard InChI is InChI=1S/C18H25NO/c1-5-13(6-2)18(19-3)16-8-7-15-12-17(20-4)10-9-14(15)11-16/h7-13,18-19H,5-6H2,1-4H3. The molecular weight excluding hydrogens is 246 g/mol. The maximum atomic E-state index is 5.28. The number of nitrogens with one attached hydrogen (secondary N) is 1. The van der Waals surface area contributed by atoms with Gasteiger partial charge >= 0.3 is 0 Å². The van der Waals surface area contributed by atoms with Crippen LogP contribution in [0.5, 0.6) is 5.75 Å². The summed E-state index contributed by atoms with van der Waals surface area (Å²) in [5.41, 5.74) is 1.37. The Bertz CT molecular complexity index is 560. The van der Waals surface area contributed by atoms with Gasteiger partial charge in [0.25, 0.3) is 0 Å². The highest BCUT2D eigenvalue weighted by Crippen LogP contribution is 2.30. The maximum Gasteiger partial charge on any atom is 0.119 e. The van der Waals surface area contributed by atoms with Gasteiger partial charge in [-0.15, -0.1) is 0 Å². The fourth-order valence-electron chi connectivity index (χ4n) is 3.00. The molecule has 2 aromatic carbocycles. The van der Waals surface area contributed by atoms with Crippen LogP contribution in [-0.4, -0.2) is 14.2 Å². The molecule has 0 aliphatic rings. The van der Waals surface area contributed by atoms with Gasteiger partial charge in [0.2, 0.25) is 0 Å². The zero-order valence-electron chi connectivity index (χ0n) is 12.9. The lowest BCUT2D eigenvalue weighted by atomic mass is 9.88. The van der Waals surface area contributed by atoms with Crippen LogP contribution in [-0.2, 0) is 0 Å². The van der Waals surface area contributed by atoms with E-state index < -0.39 is 0 Å². The minimum absolute atomic E-state index is 0.427. The summed E-state index contributed by atoms with van der Waals surface area (Å²) in [4.78, 5) is 0. The molecule has 1 unspecified atom stereocenters. The largest absolute Gasteiger partial charge is 0.497 e. The van der Waals surface area contributed by atoms with Crippen LogP contribution in [0.25, 0.3) is 10.8 Å². The Labute approximate surface area is 122 Å². The van der Waals surface area contributed by atoms with Gasteiger partial charge in [-0.1, -0.05) is 44.9 Å². The van der Waals surface area contributed by atoms with E-state index in [0.29, 0.717) is 12.0 Å². The minimum atomic E-state index is 0.427. The van der Waals surface area contributed by atoms with Gasteiger partial charge in [-0.05, 0) is 47.5 Å². The van der Waals surface area contributed by atoms with Crippen LogP contribution in [0.15, 0.2) is 36.4 Å². The van der Waals surface area contributed by atoms with Crippen LogP contribution in [0.2, 0.25) is 0 Å². The summed E-state index contributed by atoms with van der Waals surface area (Å²) < 4.78 is 5.28. The highest BCUT2D eigenvalue weighted by atomic mass is 16.5. The first kappa shape index (κ1) is 14.9. The Morgan fingerprint density at radius 2 is 1.65 bits per heavy atom. The topological polar surface area (TPSA) is 21.3 Å². The van der Waals surface area contributed by atoms with Crippen LogP contribution in [0.4, 0.5) is 0 Å². The first-order valence-corrected chi connectivity index (χ1v) is 7.48. The van der Waals surface area contributed by atoms with Crippen molar-refractivity contribution in [2.24, 2.45) is 5.92 Å². The third-order valence-electron chi connectivity index (χ3n) is 4.26. The van der Waals surface area contributed by atoms with Crippen molar-refractivity contribution in [1.82, 2.24) is 5.32 Å². The van der Waals surface area contributed by atoms with Crippen LogP contribution in [0.3, 0.4) is 0 Å². The molecule has 108 valence electrons. The predicted octanol–water partition coefficient (Wildman–Crippen LogP) is 4.55. The van der Waals surface area contributed by atoms with Gasteiger partial charge in [0, 0.05) is 6.04 Å². The van der Waals surface area contributed by atoms with E-state index in [0.717, 1.165) is 5.75 Å². The number of benzene rings is 2. The minimum Gasteiger partial charge on any atom is -0.497 e. The predicted molar refractivity (Wildman–Crippen MR) is 86.4 cm³/mol. The molecule has 0 amide bonds.